The number of carbonyl (C=O) groups is 1. The molecular weight excluding hydrogens is 246 g/mol. The number of nitrogens with one attached hydrogen (secondary N) is 1. The molecule has 0 heterocycles. The molecule has 6 heteroatoms. The van der Waals surface area contributed by atoms with Gasteiger partial charge in [0.15, 0.2) is 0 Å². The van der Waals surface area contributed by atoms with Gasteiger partial charge in [-0.1, -0.05) is 0 Å². The van der Waals surface area contributed by atoms with Gasteiger partial charge in [0, 0.05) is 38.7 Å². The number of nitrogens with zero attached hydrogens (tertiary/aromatic N) is 2. The molecule has 1 aromatic carbocycles. The van der Waals surface area contributed by atoms with Gasteiger partial charge >= 0.3 is 0 Å². The highest BCUT2D eigenvalue weighted by Gasteiger charge is 2.17. The van der Waals surface area contributed by atoms with Crippen LogP contribution in [0.3, 0.4) is 0 Å². The first kappa shape index (κ1) is 14.5. The number of nitro benzene ring substituents is 1. The molecule has 0 atom stereocenters. The van der Waals surface area contributed by atoms with E-state index in [2.05, 4.69) is 11.2 Å². The molecule has 0 saturated heterocycles. The third-order valence-corrected chi connectivity index (χ3v) is 2.43. The van der Waals surface area contributed by atoms with Gasteiger partial charge in [-0.15, -0.1) is 12.3 Å². The van der Waals surface area contributed by atoms with Crippen LogP contribution in [0.2, 0.25) is 0 Å². The normalized spacial score (nSPS) is 9.53. The van der Waals surface area contributed by atoms with E-state index in [0.717, 1.165) is 0 Å². The average molecular weight is 261 g/mol. The van der Waals surface area contributed by atoms with Crippen LogP contribution in [0, 0.1) is 22.5 Å². The highest BCUT2D eigenvalue weighted by molar-refractivity contribution is 5.95. The lowest BCUT2D eigenvalue weighted by Gasteiger charge is -2.12. The maximum atomic E-state index is 11.8. The Bertz CT molecular complexity index is 532. The molecule has 100 valence electrons. The molecule has 0 bridgehead atoms. The van der Waals surface area contributed by atoms with E-state index < -0.39 is 4.92 Å². The quantitative estimate of drug-likeness (QED) is 0.379. The van der Waals surface area contributed by atoms with Crippen molar-refractivity contribution >= 4 is 17.3 Å². The summed E-state index contributed by atoms with van der Waals surface area (Å²) in [6.07, 6.45) is 5.57. The second-order valence-electron chi connectivity index (χ2n) is 4.07. The number of anilines is 1. The van der Waals surface area contributed by atoms with E-state index in [1.165, 1.54) is 23.1 Å². The zero-order valence-corrected chi connectivity index (χ0v) is 10.8. The molecule has 1 N–H and O–H groups in total. The molecule has 0 spiro atoms. The van der Waals surface area contributed by atoms with E-state index in [4.69, 9.17) is 6.42 Å². The predicted octanol–water partition coefficient (Wildman–Crippen LogP) is 1.73. The third kappa shape index (κ3) is 3.71. The molecule has 0 aromatic heterocycles. The number of nitro groups is 1. The van der Waals surface area contributed by atoms with Crippen molar-refractivity contribution in [1.82, 2.24) is 4.90 Å². The van der Waals surface area contributed by atoms with Crippen molar-refractivity contribution in [3.8, 4) is 12.3 Å². The molecule has 0 fully saturated rings. The summed E-state index contributed by atoms with van der Waals surface area (Å²) in [5.74, 6) is 2.22. The number of hydrogen-bond acceptors (Lipinski definition) is 4. The van der Waals surface area contributed by atoms with E-state index in [9.17, 15) is 14.9 Å². The van der Waals surface area contributed by atoms with Crippen LogP contribution in [-0.2, 0) is 0 Å². The number of hydrogen-bond donors (Lipinski definition) is 1. The van der Waals surface area contributed by atoms with Crippen LogP contribution in [0.25, 0.3) is 0 Å². The van der Waals surface area contributed by atoms with Crippen LogP contribution in [0.5, 0.6) is 0 Å². The second kappa shape index (κ2) is 6.40. The fourth-order valence-electron chi connectivity index (χ4n) is 1.50. The minimum Gasteiger partial charge on any atom is -0.379 e. The second-order valence-corrected chi connectivity index (χ2v) is 4.07. The van der Waals surface area contributed by atoms with Crippen molar-refractivity contribution in [2.75, 3.05) is 26.0 Å². The van der Waals surface area contributed by atoms with Crippen LogP contribution < -0.4 is 5.32 Å². The van der Waals surface area contributed by atoms with Crippen molar-refractivity contribution in [3.63, 3.8) is 0 Å². The number of terminal acetylenes is 1. The lowest BCUT2D eigenvalue weighted by Crippen LogP contribution is -2.21. The Morgan fingerprint density at radius 3 is 2.74 bits per heavy atom. The fourth-order valence-corrected chi connectivity index (χ4v) is 1.50. The Kier molecular flexibility index (Phi) is 4.89. The number of benzene rings is 1. The van der Waals surface area contributed by atoms with Gasteiger partial charge in [0.05, 0.1) is 4.92 Å². The van der Waals surface area contributed by atoms with Crippen molar-refractivity contribution in [1.29, 1.82) is 0 Å². The predicted molar refractivity (Wildman–Crippen MR) is 73.1 cm³/mol. The summed E-state index contributed by atoms with van der Waals surface area (Å²) in [5.41, 5.74) is 0.610. The van der Waals surface area contributed by atoms with Crippen LogP contribution >= 0.6 is 0 Å². The first-order valence-corrected chi connectivity index (χ1v) is 5.64. The number of amides is 1. The minimum atomic E-state index is -0.498. The van der Waals surface area contributed by atoms with Crippen LogP contribution in [-0.4, -0.2) is 36.4 Å². The van der Waals surface area contributed by atoms with Gasteiger partial charge < -0.3 is 10.2 Å². The van der Waals surface area contributed by atoms with Gasteiger partial charge in [-0.05, 0) is 12.1 Å². The minimum absolute atomic E-state index is 0.0765. The summed E-state index contributed by atoms with van der Waals surface area (Å²) < 4.78 is 0. The van der Waals surface area contributed by atoms with Gasteiger partial charge in [0.25, 0.3) is 11.6 Å². The summed E-state index contributed by atoms with van der Waals surface area (Å²) in [6, 6.07) is 4.22. The zero-order valence-electron chi connectivity index (χ0n) is 10.8. The topological polar surface area (TPSA) is 75.5 Å². The maximum absolute atomic E-state index is 11.8. The molecule has 0 radical (unpaired) electrons. The highest BCUT2D eigenvalue weighted by atomic mass is 16.6. The molecular formula is C13H15N3O3. The van der Waals surface area contributed by atoms with Gasteiger partial charge in [-0.2, -0.15) is 0 Å². The molecule has 0 aliphatic rings. The molecule has 1 rings (SSSR count). The molecule has 1 amide bonds. The van der Waals surface area contributed by atoms with E-state index in [-0.39, 0.29) is 11.6 Å². The summed E-state index contributed by atoms with van der Waals surface area (Å²) in [4.78, 5) is 23.6. The maximum Gasteiger partial charge on any atom is 0.292 e. The highest BCUT2D eigenvalue weighted by Crippen LogP contribution is 2.25. The average Bonchev–Trinajstić information content (AvgIpc) is 2.37. The number of carbonyl (C=O) groups excluding carboxylic acids is 1. The first-order valence-electron chi connectivity index (χ1n) is 5.64. The Balaban J connectivity index is 3.08. The van der Waals surface area contributed by atoms with E-state index in [1.54, 1.807) is 14.1 Å². The summed E-state index contributed by atoms with van der Waals surface area (Å²) in [6.45, 7) is 0.414. The molecule has 0 aliphatic heterocycles. The van der Waals surface area contributed by atoms with Gasteiger partial charge in [0.1, 0.15) is 5.69 Å². The van der Waals surface area contributed by atoms with Crippen molar-refractivity contribution in [2.45, 2.75) is 6.42 Å². The van der Waals surface area contributed by atoms with Crippen molar-refractivity contribution in [3.05, 3.63) is 33.9 Å². The summed E-state index contributed by atoms with van der Waals surface area (Å²) in [7, 11) is 3.24. The third-order valence-electron chi connectivity index (χ3n) is 2.43. The lowest BCUT2D eigenvalue weighted by molar-refractivity contribution is -0.384. The van der Waals surface area contributed by atoms with E-state index >= 15 is 0 Å². The SMILES string of the molecule is C#CCCNc1cc(C(=O)N(C)C)ccc1[N+](=O)[O-]. The molecule has 6 nitrogen and oxygen atoms in total. The number of rotatable bonds is 5. The Morgan fingerprint density at radius 2 is 2.21 bits per heavy atom. The van der Waals surface area contributed by atoms with Gasteiger partial charge in [-0.3, -0.25) is 14.9 Å². The van der Waals surface area contributed by atoms with Crippen LogP contribution in [0.4, 0.5) is 11.4 Å². The van der Waals surface area contributed by atoms with Gasteiger partial charge in [0.2, 0.25) is 0 Å². The smallest absolute Gasteiger partial charge is 0.292 e. The summed E-state index contributed by atoms with van der Waals surface area (Å²) in [5, 5.41) is 13.8. The Labute approximate surface area is 111 Å². The molecule has 0 saturated carbocycles. The fraction of sp³-hybridized carbons (Fsp3) is 0.308. The zero-order chi connectivity index (χ0) is 14.4. The van der Waals surface area contributed by atoms with E-state index in [1.807, 2.05) is 0 Å². The Hall–Kier alpha value is -2.55. The standard InChI is InChI=1S/C13H15N3O3/c1-4-5-8-14-11-9-10(13(17)15(2)3)6-7-12(11)16(18)19/h1,6-7,9,14H,5,8H2,2-3H3. The van der Waals surface area contributed by atoms with Crippen LogP contribution in [0.15, 0.2) is 18.2 Å². The lowest BCUT2D eigenvalue weighted by atomic mass is 10.1. The largest absolute Gasteiger partial charge is 0.379 e. The summed E-state index contributed by atoms with van der Waals surface area (Å²) >= 11 is 0. The molecule has 19 heavy (non-hydrogen) atoms. The Morgan fingerprint density at radius 1 is 1.53 bits per heavy atom. The van der Waals surface area contributed by atoms with E-state index in [0.29, 0.717) is 24.2 Å². The van der Waals surface area contributed by atoms with Crippen molar-refractivity contribution in [2.24, 2.45) is 0 Å². The monoisotopic (exact) mass is 261 g/mol. The molecule has 1 aromatic rings. The molecule has 0 aliphatic carbocycles. The molecule has 0 unspecified atom stereocenters. The van der Waals surface area contributed by atoms with Gasteiger partial charge in [-0.25, -0.2) is 0 Å². The van der Waals surface area contributed by atoms with Crippen LogP contribution in [0.1, 0.15) is 16.8 Å². The first-order chi connectivity index (χ1) is 8.97. The van der Waals surface area contributed by atoms with Crippen molar-refractivity contribution < 1.29 is 9.72 Å².